The predicted molar refractivity (Wildman–Crippen MR) is 388 cm³/mol. The summed E-state index contributed by atoms with van der Waals surface area (Å²) in [4.78, 5) is 174. The van der Waals surface area contributed by atoms with Crippen molar-refractivity contribution in [1.29, 1.82) is 0 Å². The van der Waals surface area contributed by atoms with Crippen LogP contribution >= 0.6 is 23.2 Å². The Morgan fingerprint density at radius 2 is 1.31 bits per heavy atom. The van der Waals surface area contributed by atoms with Crippen LogP contribution in [0.1, 0.15) is 159 Å². The number of nitrogens with two attached hydrogens (primary N) is 1. The Morgan fingerprint density at radius 1 is 0.682 bits per heavy atom. The average molecular weight is 1520 g/mol. The van der Waals surface area contributed by atoms with Crippen molar-refractivity contribution in [1.82, 2.24) is 26.2 Å². The normalized spacial score (nSPS) is 23.9. The van der Waals surface area contributed by atoms with Gasteiger partial charge in [0.15, 0.2) is 35.0 Å². The van der Waals surface area contributed by atoms with E-state index < -0.39 is 163 Å². The number of ether oxygens (including phenoxy) is 9. The van der Waals surface area contributed by atoms with E-state index >= 15 is 24.0 Å². The number of hydrogen-bond donors (Lipinski definition) is 5. The Morgan fingerprint density at radius 3 is 1.90 bits per heavy atom. The highest BCUT2D eigenvalue weighted by Crippen LogP contribution is 2.51. The maximum absolute atomic E-state index is 16.5. The summed E-state index contributed by atoms with van der Waals surface area (Å²) in [5.41, 5.74) is 7.16. The zero-order valence-corrected chi connectivity index (χ0v) is 63.1. The molecule has 107 heavy (non-hydrogen) atoms. The van der Waals surface area contributed by atoms with Gasteiger partial charge in [0.05, 0.1) is 28.0 Å². The van der Waals surface area contributed by atoms with E-state index in [0.717, 1.165) is 25.7 Å². The van der Waals surface area contributed by atoms with Crippen LogP contribution in [0, 0.1) is 36.5 Å². The van der Waals surface area contributed by atoms with Gasteiger partial charge in [0.25, 0.3) is 0 Å². The zero-order chi connectivity index (χ0) is 78.3. The number of likely N-dealkylation sites (N-methyl/N-ethyl adjacent to an activating group) is 1. The maximum atomic E-state index is 16.5. The van der Waals surface area contributed by atoms with Gasteiger partial charge < -0.3 is 69.6 Å². The fourth-order valence-electron chi connectivity index (χ4n) is 13.6. The van der Waals surface area contributed by atoms with Crippen molar-refractivity contribution in [2.45, 2.75) is 163 Å². The lowest BCUT2D eigenvalue weighted by atomic mass is 9.79. The molecule has 0 saturated carbocycles. The smallest absolute Gasteiger partial charge is 0.410 e. The van der Waals surface area contributed by atoms with E-state index in [1.54, 1.807) is 39.8 Å². The van der Waals surface area contributed by atoms with Gasteiger partial charge in [-0.25, -0.2) is 4.79 Å². The van der Waals surface area contributed by atoms with Crippen molar-refractivity contribution in [3.05, 3.63) is 135 Å². The van der Waals surface area contributed by atoms with Gasteiger partial charge in [0.2, 0.25) is 35.7 Å². The number of fused-ring (bicyclic) bond motifs is 15. The second kappa shape index (κ2) is 34.6. The number of carbonyl (C=O) groups excluding carboxylic acids is 12. The Balaban J connectivity index is 1.34. The van der Waals surface area contributed by atoms with Crippen LogP contribution in [-0.4, -0.2) is 133 Å². The fraction of sp³-hybridized carbons (Fsp3) is 0.436. The topological polar surface area (TPSA) is 365 Å². The molecular weight excluding hydrogens is 1430 g/mol. The van der Waals surface area contributed by atoms with Gasteiger partial charge >= 0.3 is 30.0 Å². The van der Waals surface area contributed by atoms with Gasteiger partial charge in [0.1, 0.15) is 66.4 Å². The minimum atomic E-state index is -1.97. The highest BCUT2D eigenvalue weighted by molar-refractivity contribution is 6.32. The van der Waals surface area contributed by atoms with E-state index in [4.69, 9.17) is 71.6 Å². The van der Waals surface area contributed by atoms with Gasteiger partial charge in [-0.1, -0.05) is 102 Å². The number of amides is 5. The molecule has 6 aliphatic heterocycles. The summed E-state index contributed by atoms with van der Waals surface area (Å²) < 4.78 is 55.8. The SMILES string of the molecule is C=CCOC(=O)N(C)[C@H](CC(C)C)C(=O)N[C@H]1C(=O)C[C@@H](CN)C(=O)N[C@H]2C(=O)C[C@H]3C(=O)N[C@H](C(=O)N[C@H](C(C)=O)c4cc(C)cc(OC(C)=O)c4-c4cc3ccc4OC(C)=O)[C@H](C)c3ccc(c(Cl)c3)Oc3cc2cc(c3OC2OC(COC(C)=O)C(C)C(C)C2C)Oc2ccc(cc2Cl)[C@H]1OC(C)=O. The van der Waals surface area contributed by atoms with Crippen molar-refractivity contribution < 1.29 is 100 Å². The van der Waals surface area contributed by atoms with Gasteiger partial charge in [-0.3, -0.25) is 57.6 Å². The Bertz CT molecular complexity index is 4370. The number of halogens is 2. The predicted octanol–water partition coefficient (Wildman–Crippen LogP) is 10.5. The first-order chi connectivity index (χ1) is 50.6. The number of carbonyl (C=O) groups is 12. The van der Waals surface area contributed by atoms with E-state index in [1.807, 2.05) is 20.8 Å². The molecule has 11 rings (SSSR count). The number of benzene rings is 5. The van der Waals surface area contributed by atoms with Crippen LogP contribution in [0.25, 0.3) is 11.1 Å². The van der Waals surface area contributed by atoms with Gasteiger partial charge in [-0.05, 0) is 126 Å². The first kappa shape index (κ1) is 80.9. The molecule has 5 aromatic carbocycles. The first-order valence-corrected chi connectivity index (χ1v) is 35.7. The Hall–Kier alpha value is -10.2. The second-order valence-corrected chi connectivity index (χ2v) is 28.7. The van der Waals surface area contributed by atoms with Crippen LogP contribution in [0.15, 0.2) is 91.5 Å². The summed E-state index contributed by atoms with van der Waals surface area (Å²) in [5.74, 6) is -16.4. The van der Waals surface area contributed by atoms with Gasteiger partial charge in [-0.2, -0.15) is 0 Å². The molecule has 6 heterocycles. The average Bonchev–Trinajstić information content (AvgIpc) is 0.775. The van der Waals surface area contributed by atoms with E-state index in [2.05, 4.69) is 27.8 Å². The lowest BCUT2D eigenvalue weighted by molar-refractivity contribution is -0.223. The molecular formula is C78H88Cl2N6O21. The molecule has 0 radical (unpaired) electrons. The van der Waals surface area contributed by atoms with E-state index in [-0.39, 0.29) is 121 Å². The Kier molecular flexibility index (Phi) is 26.1. The number of nitrogens with one attached hydrogen (secondary N) is 4. The largest absolute Gasteiger partial charge is 0.463 e. The molecule has 6 N–H and O–H groups in total. The van der Waals surface area contributed by atoms with Crippen molar-refractivity contribution in [2.75, 3.05) is 26.8 Å². The molecule has 0 spiro atoms. The first-order valence-electron chi connectivity index (χ1n) is 35.0. The lowest BCUT2D eigenvalue weighted by Gasteiger charge is -2.43. The van der Waals surface area contributed by atoms with Gasteiger partial charge in [0, 0.05) is 77.1 Å². The summed E-state index contributed by atoms with van der Waals surface area (Å²) in [6.07, 6.45) is -4.99. The number of hydrogen-bond acceptors (Lipinski definition) is 22. The van der Waals surface area contributed by atoms with Crippen LogP contribution < -0.4 is 50.7 Å². The summed E-state index contributed by atoms with van der Waals surface area (Å²) in [5, 5.41) is 10.9. The number of esters is 4. The van der Waals surface area contributed by atoms with E-state index in [0.29, 0.717) is 11.1 Å². The van der Waals surface area contributed by atoms with Crippen LogP contribution in [0.4, 0.5) is 4.79 Å². The third-order valence-corrected chi connectivity index (χ3v) is 20.1. The summed E-state index contributed by atoms with van der Waals surface area (Å²) in [6.45, 7) is 21.0. The maximum Gasteiger partial charge on any atom is 0.410 e. The van der Waals surface area contributed by atoms with Gasteiger partial charge in [-0.15, -0.1) is 0 Å². The number of nitrogens with zero attached hydrogens (tertiary/aromatic N) is 1. The molecule has 5 aromatic rings. The third-order valence-electron chi connectivity index (χ3n) is 19.5. The number of rotatable bonds is 16. The molecule has 14 atom stereocenters. The second-order valence-electron chi connectivity index (χ2n) is 27.9. The highest BCUT2D eigenvalue weighted by Gasteiger charge is 2.45. The molecule has 6 aliphatic rings. The molecule has 0 aliphatic carbocycles. The quantitative estimate of drug-likeness (QED) is 0.0265. The van der Waals surface area contributed by atoms with Crippen molar-refractivity contribution in [3.8, 4) is 51.4 Å². The van der Waals surface area contributed by atoms with Crippen LogP contribution in [-0.2, 0) is 71.7 Å². The van der Waals surface area contributed by atoms with Crippen molar-refractivity contribution in [3.63, 3.8) is 0 Å². The molecule has 0 aromatic heterocycles. The van der Waals surface area contributed by atoms with Crippen molar-refractivity contribution in [2.24, 2.45) is 35.3 Å². The van der Waals surface area contributed by atoms with Crippen LogP contribution in [0.3, 0.4) is 0 Å². The lowest BCUT2D eigenvalue weighted by Crippen LogP contribution is -2.55. The molecule has 1 saturated heterocycles. The molecule has 1 fully saturated rings. The molecule has 570 valence electrons. The fourth-order valence-corrected chi connectivity index (χ4v) is 14.0. The molecule has 5 unspecified atom stereocenters. The van der Waals surface area contributed by atoms with Crippen LogP contribution in [0.5, 0.6) is 40.2 Å². The Labute approximate surface area is 628 Å². The zero-order valence-electron chi connectivity index (χ0n) is 61.5. The molecule has 29 heteroatoms. The molecule has 11 bridgehead atoms. The van der Waals surface area contributed by atoms with Crippen molar-refractivity contribution >= 4 is 94.2 Å². The summed E-state index contributed by atoms with van der Waals surface area (Å²) >= 11 is 14.6. The van der Waals surface area contributed by atoms with Crippen LogP contribution in [0.2, 0.25) is 10.0 Å². The molecule has 27 nitrogen and oxygen atoms in total. The number of Topliss-reactive ketones (excluding diaryl/α,β-unsaturated/α-hetero) is 3. The third kappa shape index (κ3) is 18.8. The minimum Gasteiger partial charge on any atom is -0.463 e. The monoisotopic (exact) mass is 1510 g/mol. The minimum absolute atomic E-state index is 0.00484. The number of ketones is 3. The number of aryl methyl sites for hydroxylation is 1. The summed E-state index contributed by atoms with van der Waals surface area (Å²) in [7, 11) is 1.32. The summed E-state index contributed by atoms with van der Waals surface area (Å²) in [6, 6.07) is 10.1. The van der Waals surface area contributed by atoms with E-state index in [9.17, 15) is 33.6 Å². The molecule has 5 amide bonds. The standard InChI is InChI=1S/C78H88Cl2N6O21/c1-15-22-99-78(98)86(14)56(23-35(2)3)75(96)85-70-57(92)29-50(33-81)73(94)84-69-49-30-63(72(107-77-39(7)37(5)38(6)65(106-77)34-100-42(10)88)64(31-49)105-61-21-18-48(28-55(61)80)71(70)103-45(13)91)104-60-20-16-46(27-54(60)79)40(8)67-76(97)83-68(41(9)87)53-24-36(4)25-62(102-44(12)90)66(53)52-26-47(17-19-59(52)101-43(11)89)51(32-58(69)93)74(95)82-67/h15-21,24-28,30-31,35,37-40,50-51,56,65,67-71,77H,1,22-23,29,32-34,81H2,2-14H3,(H,82,95)(H,83,97)(H,84,94)(H,85,96)/t37?,38?,39?,40-,50+,51-,56-,65?,67+,68-,69-,70+,71-,77?/m1/s1. The highest BCUT2D eigenvalue weighted by atomic mass is 35.5. The van der Waals surface area contributed by atoms with E-state index in [1.165, 1.54) is 93.7 Å².